The Morgan fingerprint density at radius 1 is 1.08 bits per heavy atom. The summed E-state index contributed by atoms with van der Waals surface area (Å²) in [4.78, 5) is 26.0. The molecule has 0 saturated heterocycles. The average Bonchev–Trinajstić information content (AvgIpc) is 3.44. The molecular formula is C20H23N3O2. The average molecular weight is 337 g/mol. The third-order valence-corrected chi connectivity index (χ3v) is 4.16. The number of hydrogen-bond donors (Lipinski definition) is 2. The Kier molecular flexibility index (Phi) is 5.33. The summed E-state index contributed by atoms with van der Waals surface area (Å²) in [5.74, 6) is -0.367. The van der Waals surface area contributed by atoms with E-state index in [9.17, 15) is 9.59 Å². The molecule has 0 bridgehead atoms. The van der Waals surface area contributed by atoms with Crippen molar-refractivity contribution in [2.24, 2.45) is 0 Å². The number of benzene rings is 2. The van der Waals surface area contributed by atoms with Crippen LogP contribution >= 0.6 is 0 Å². The molecule has 0 unspecified atom stereocenters. The Morgan fingerprint density at radius 2 is 1.84 bits per heavy atom. The van der Waals surface area contributed by atoms with Crippen molar-refractivity contribution >= 4 is 17.5 Å². The summed E-state index contributed by atoms with van der Waals surface area (Å²) < 4.78 is 0. The van der Waals surface area contributed by atoms with Crippen LogP contribution in [0.2, 0.25) is 0 Å². The lowest BCUT2D eigenvalue weighted by Crippen LogP contribution is -2.37. The van der Waals surface area contributed by atoms with Crippen molar-refractivity contribution < 1.29 is 9.59 Å². The number of nitrogens with zero attached hydrogens (tertiary/aromatic N) is 1. The number of anilines is 1. The molecule has 1 fully saturated rings. The molecule has 2 N–H and O–H groups in total. The highest BCUT2D eigenvalue weighted by molar-refractivity contribution is 5.97. The lowest BCUT2D eigenvalue weighted by molar-refractivity contribution is -0.120. The minimum Gasteiger partial charge on any atom is -0.370 e. The van der Waals surface area contributed by atoms with E-state index in [1.165, 1.54) is 5.56 Å². The molecular weight excluding hydrogens is 314 g/mol. The molecule has 0 aromatic heterocycles. The molecule has 0 atom stereocenters. The van der Waals surface area contributed by atoms with E-state index in [1.54, 1.807) is 6.07 Å². The summed E-state index contributed by atoms with van der Waals surface area (Å²) in [5, 5.41) is 5.53. The molecule has 3 rings (SSSR count). The van der Waals surface area contributed by atoms with Crippen LogP contribution in [0.25, 0.3) is 0 Å². The first kappa shape index (κ1) is 17.0. The normalized spacial score (nSPS) is 13.2. The van der Waals surface area contributed by atoms with E-state index in [1.807, 2.05) is 43.4 Å². The van der Waals surface area contributed by atoms with Gasteiger partial charge in [-0.3, -0.25) is 9.59 Å². The fourth-order valence-corrected chi connectivity index (χ4v) is 2.60. The molecule has 5 heteroatoms. The number of rotatable bonds is 7. The summed E-state index contributed by atoms with van der Waals surface area (Å²) in [6, 6.07) is 17.9. The molecule has 5 nitrogen and oxygen atoms in total. The van der Waals surface area contributed by atoms with Crippen LogP contribution < -0.4 is 15.5 Å². The van der Waals surface area contributed by atoms with Crippen molar-refractivity contribution in [2.45, 2.75) is 25.4 Å². The van der Waals surface area contributed by atoms with Crippen molar-refractivity contribution in [3.05, 3.63) is 65.7 Å². The predicted octanol–water partition coefficient (Wildman–Crippen LogP) is 2.33. The lowest BCUT2D eigenvalue weighted by atomic mass is 10.1. The third kappa shape index (κ3) is 5.08. The van der Waals surface area contributed by atoms with E-state index >= 15 is 0 Å². The maximum absolute atomic E-state index is 12.3. The van der Waals surface area contributed by atoms with E-state index in [0.717, 1.165) is 25.1 Å². The fourth-order valence-electron chi connectivity index (χ4n) is 2.60. The predicted molar refractivity (Wildman–Crippen MR) is 98.5 cm³/mol. The second-order valence-electron chi connectivity index (χ2n) is 6.42. The number of hydrogen-bond acceptors (Lipinski definition) is 3. The van der Waals surface area contributed by atoms with Crippen LogP contribution in [-0.4, -0.2) is 31.4 Å². The molecule has 2 aromatic rings. The van der Waals surface area contributed by atoms with Gasteiger partial charge in [-0.15, -0.1) is 0 Å². The summed E-state index contributed by atoms with van der Waals surface area (Å²) >= 11 is 0. The molecule has 0 heterocycles. The van der Waals surface area contributed by atoms with Crippen LogP contribution in [0.15, 0.2) is 54.6 Å². The SMILES string of the molecule is CN(Cc1ccccc1)c1cccc(C(=O)NCC(=O)NC2CC2)c1. The van der Waals surface area contributed by atoms with Crippen LogP contribution in [-0.2, 0) is 11.3 Å². The molecule has 130 valence electrons. The van der Waals surface area contributed by atoms with E-state index in [2.05, 4.69) is 27.7 Å². The van der Waals surface area contributed by atoms with Crippen molar-refractivity contribution in [1.29, 1.82) is 0 Å². The van der Waals surface area contributed by atoms with Gasteiger partial charge in [-0.1, -0.05) is 36.4 Å². The number of nitrogens with one attached hydrogen (secondary N) is 2. The molecule has 2 aromatic carbocycles. The van der Waals surface area contributed by atoms with Gasteiger partial charge in [0, 0.05) is 30.9 Å². The second kappa shape index (κ2) is 7.83. The number of carbonyl (C=O) groups excluding carboxylic acids is 2. The van der Waals surface area contributed by atoms with Crippen molar-refractivity contribution in [2.75, 3.05) is 18.5 Å². The minimum atomic E-state index is -0.235. The van der Waals surface area contributed by atoms with Gasteiger partial charge in [-0.05, 0) is 36.6 Å². The Morgan fingerprint density at radius 3 is 2.56 bits per heavy atom. The van der Waals surface area contributed by atoms with Crippen LogP contribution in [0.3, 0.4) is 0 Å². The number of amides is 2. The monoisotopic (exact) mass is 337 g/mol. The smallest absolute Gasteiger partial charge is 0.251 e. The fraction of sp³-hybridized carbons (Fsp3) is 0.300. The number of carbonyl (C=O) groups is 2. The summed E-state index contributed by atoms with van der Waals surface area (Å²) in [7, 11) is 1.99. The third-order valence-electron chi connectivity index (χ3n) is 4.16. The van der Waals surface area contributed by atoms with E-state index in [-0.39, 0.29) is 18.4 Å². The van der Waals surface area contributed by atoms with Gasteiger partial charge in [0.2, 0.25) is 5.91 Å². The molecule has 2 amide bonds. The molecule has 1 aliphatic carbocycles. The Balaban J connectivity index is 1.57. The quantitative estimate of drug-likeness (QED) is 0.815. The van der Waals surface area contributed by atoms with Gasteiger partial charge in [-0.2, -0.15) is 0 Å². The molecule has 1 aliphatic rings. The zero-order valence-corrected chi connectivity index (χ0v) is 14.4. The molecule has 25 heavy (non-hydrogen) atoms. The van der Waals surface area contributed by atoms with Gasteiger partial charge >= 0.3 is 0 Å². The van der Waals surface area contributed by atoms with Gasteiger partial charge in [-0.25, -0.2) is 0 Å². The summed E-state index contributed by atoms with van der Waals surface area (Å²) in [5.41, 5.74) is 2.71. The first-order valence-corrected chi connectivity index (χ1v) is 8.54. The Bertz CT molecular complexity index is 742. The first-order valence-electron chi connectivity index (χ1n) is 8.54. The zero-order chi connectivity index (χ0) is 17.6. The van der Waals surface area contributed by atoms with Crippen molar-refractivity contribution in [3.63, 3.8) is 0 Å². The summed E-state index contributed by atoms with van der Waals surface area (Å²) in [6.45, 7) is 0.773. The zero-order valence-electron chi connectivity index (χ0n) is 14.4. The van der Waals surface area contributed by atoms with Gasteiger partial charge in [0.25, 0.3) is 5.91 Å². The Hall–Kier alpha value is -2.82. The van der Waals surface area contributed by atoms with Gasteiger partial charge in [0.15, 0.2) is 0 Å². The van der Waals surface area contributed by atoms with Gasteiger partial charge < -0.3 is 15.5 Å². The van der Waals surface area contributed by atoms with Crippen molar-refractivity contribution in [1.82, 2.24) is 10.6 Å². The molecule has 1 saturated carbocycles. The second-order valence-corrected chi connectivity index (χ2v) is 6.42. The van der Waals surface area contributed by atoms with E-state index < -0.39 is 0 Å². The topological polar surface area (TPSA) is 61.4 Å². The highest BCUT2D eigenvalue weighted by Crippen LogP contribution is 2.18. The largest absolute Gasteiger partial charge is 0.370 e. The van der Waals surface area contributed by atoms with Gasteiger partial charge in [0.05, 0.1) is 6.54 Å². The van der Waals surface area contributed by atoms with E-state index in [0.29, 0.717) is 11.6 Å². The molecule has 0 radical (unpaired) electrons. The van der Waals surface area contributed by atoms with Crippen LogP contribution in [0.5, 0.6) is 0 Å². The standard InChI is InChI=1S/C20H23N3O2/c1-23(14-15-6-3-2-4-7-15)18-9-5-8-16(12-18)20(25)21-13-19(24)22-17-10-11-17/h2-9,12,17H,10-11,13-14H2,1H3,(H,21,25)(H,22,24). The maximum Gasteiger partial charge on any atom is 0.251 e. The first-order chi connectivity index (χ1) is 12.1. The van der Waals surface area contributed by atoms with E-state index in [4.69, 9.17) is 0 Å². The Labute approximate surface area is 148 Å². The molecule has 0 spiro atoms. The van der Waals surface area contributed by atoms with Crippen molar-refractivity contribution in [3.8, 4) is 0 Å². The highest BCUT2D eigenvalue weighted by Gasteiger charge is 2.23. The van der Waals surface area contributed by atoms with Crippen LogP contribution in [0.4, 0.5) is 5.69 Å². The summed E-state index contributed by atoms with van der Waals surface area (Å²) in [6.07, 6.45) is 2.07. The van der Waals surface area contributed by atoms with Gasteiger partial charge in [0.1, 0.15) is 0 Å². The highest BCUT2D eigenvalue weighted by atomic mass is 16.2. The lowest BCUT2D eigenvalue weighted by Gasteiger charge is -2.20. The minimum absolute atomic E-state index is 0.0133. The maximum atomic E-state index is 12.3. The van der Waals surface area contributed by atoms with Crippen LogP contribution in [0, 0.1) is 0 Å². The van der Waals surface area contributed by atoms with Crippen LogP contribution in [0.1, 0.15) is 28.8 Å². The molecule has 0 aliphatic heterocycles.